The fourth-order valence-corrected chi connectivity index (χ4v) is 4.79. The lowest BCUT2D eigenvalue weighted by molar-refractivity contribution is -0.125. The first-order valence-electron chi connectivity index (χ1n) is 10.7. The zero-order valence-electron chi connectivity index (χ0n) is 18.1. The van der Waals surface area contributed by atoms with E-state index in [9.17, 15) is 14.4 Å². The van der Waals surface area contributed by atoms with Crippen LogP contribution in [-0.2, 0) is 16.1 Å². The van der Waals surface area contributed by atoms with Gasteiger partial charge in [0.05, 0.1) is 17.6 Å². The molecule has 1 saturated heterocycles. The number of fused-ring (bicyclic) bond motifs is 1. The third-order valence-electron chi connectivity index (χ3n) is 5.38. The van der Waals surface area contributed by atoms with Crippen LogP contribution in [0.25, 0.3) is 10.3 Å². The molecule has 2 amide bonds. The average Bonchev–Trinajstić information content (AvgIpc) is 3.26. The summed E-state index contributed by atoms with van der Waals surface area (Å²) in [4.78, 5) is 48.4. The summed E-state index contributed by atoms with van der Waals surface area (Å²) in [6.45, 7) is 3.58. The number of nitrogens with one attached hydrogen (secondary N) is 2. The molecule has 33 heavy (non-hydrogen) atoms. The van der Waals surface area contributed by atoms with Crippen LogP contribution in [0.3, 0.4) is 0 Å². The largest absolute Gasteiger partial charge is 0.356 e. The molecule has 0 bridgehead atoms. The lowest BCUT2D eigenvalue weighted by atomic mass is 9.97. The highest BCUT2D eigenvalue weighted by Crippen LogP contribution is 2.29. The maximum atomic E-state index is 13.0. The van der Waals surface area contributed by atoms with Gasteiger partial charge in [-0.05, 0) is 38.0 Å². The molecule has 0 aliphatic carbocycles. The van der Waals surface area contributed by atoms with E-state index in [1.54, 1.807) is 24.3 Å². The number of aromatic nitrogens is 3. The topological polar surface area (TPSA) is 133 Å². The number of carbonyl (C=O) groups excluding carboxylic acids is 2. The van der Waals surface area contributed by atoms with Gasteiger partial charge in [0.25, 0.3) is 5.56 Å². The van der Waals surface area contributed by atoms with Gasteiger partial charge in [-0.25, -0.2) is 4.98 Å². The molecule has 3 heterocycles. The smallest absolute Gasteiger partial charge is 0.273 e. The van der Waals surface area contributed by atoms with E-state index in [4.69, 9.17) is 5.26 Å². The summed E-state index contributed by atoms with van der Waals surface area (Å²) < 4.78 is 1.61. The van der Waals surface area contributed by atoms with Crippen LogP contribution >= 0.6 is 11.3 Å². The number of nitriles is 1. The molecule has 2 N–H and O–H groups in total. The van der Waals surface area contributed by atoms with Crippen LogP contribution in [0, 0.1) is 17.2 Å². The second-order valence-electron chi connectivity index (χ2n) is 7.75. The Balaban J connectivity index is 1.50. The minimum absolute atomic E-state index is 0.0371. The summed E-state index contributed by atoms with van der Waals surface area (Å²) in [6, 6.07) is 8.56. The van der Waals surface area contributed by atoms with Crippen molar-refractivity contribution in [1.82, 2.24) is 19.9 Å². The standard InChI is InChI=1S/C22H23N7O3S/c1-2-24-20(31)15-6-4-8-28(11-15)22-27-19-18(33-22)21(32)29(13-25-19)12-17(30)26-16-7-3-5-14(9-16)10-23/h3,5,7,9,13,15H,2,4,6,8,11-12H2,1H3,(H,24,31)(H,26,30)/t15-/m1/s1. The molecule has 2 aromatic heterocycles. The molecule has 1 aromatic carbocycles. The highest BCUT2D eigenvalue weighted by Gasteiger charge is 2.27. The highest BCUT2D eigenvalue weighted by atomic mass is 32.1. The van der Waals surface area contributed by atoms with E-state index in [0.717, 1.165) is 19.4 Å². The number of benzene rings is 1. The molecular formula is C22H23N7O3S. The number of amides is 2. The number of hydrogen-bond donors (Lipinski definition) is 2. The van der Waals surface area contributed by atoms with Gasteiger partial charge in [-0.15, -0.1) is 0 Å². The Labute approximate surface area is 193 Å². The van der Waals surface area contributed by atoms with Gasteiger partial charge < -0.3 is 15.5 Å². The fourth-order valence-electron chi connectivity index (χ4n) is 3.79. The average molecular weight is 466 g/mol. The molecule has 10 nitrogen and oxygen atoms in total. The summed E-state index contributed by atoms with van der Waals surface area (Å²) in [5, 5.41) is 15.2. The van der Waals surface area contributed by atoms with Crippen LogP contribution in [0.15, 0.2) is 35.4 Å². The van der Waals surface area contributed by atoms with Gasteiger partial charge in [-0.2, -0.15) is 10.2 Å². The normalized spacial score (nSPS) is 15.8. The first-order chi connectivity index (χ1) is 16.0. The second-order valence-corrected chi connectivity index (χ2v) is 8.72. The number of rotatable bonds is 6. The monoisotopic (exact) mass is 465 g/mol. The number of nitrogens with zero attached hydrogens (tertiary/aromatic N) is 5. The van der Waals surface area contributed by atoms with E-state index in [1.165, 1.54) is 22.2 Å². The Hall–Kier alpha value is -3.78. The molecule has 1 aliphatic heterocycles. The molecular weight excluding hydrogens is 442 g/mol. The van der Waals surface area contributed by atoms with Crippen molar-refractivity contribution < 1.29 is 9.59 Å². The van der Waals surface area contributed by atoms with Crippen molar-refractivity contribution in [3.8, 4) is 6.07 Å². The van der Waals surface area contributed by atoms with Crippen molar-refractivity contribution >= 4 is 44.3 Å². The van der Waals surface area contributed by atoms with Crippen molar-refractivity contribution in [2.24, 2.45) is 5.92 Å². The Morgan fingerprint density at radius 3 is 3.00 bits per heavy atom. The summed E-state index contributed by atoms with van der Waals surface area (Å²) >= 11 is 1.23. The van der Waals surface area contributed by atoms with Gasteiger partial charge in [-0.1, -0.05) is 17.4 Å². The van der Waals surface area contributed by atoms with Crippen LogP contribution in [0.2, 0.25) is 0 Å². The molecule has 0 saturated carbocycles. The Kier molecular flexibility index (Phi) is 6.65. The third kappa shape index (κ3) is 5.01. The third-order valence-corrected chi connectivity index (χ3v) is 6.47. The molecule has 1 atom stereocenters. The van der Waals surface area contributed by atoms with Gasteiger partial charge in [-0.3, -0.25) is 19.0 Å². The Bertz CT molecular complexity index is 1290. The first kappa shape index (κ1) is 22.4. The van der Waals surface area contributed by atoms with Crippen LogP contribution in [0.4, 0.5) is 10.8 Å². The molecule has 170 valence electrons. The van der Waals surface area contributed by atoms with Crippen molar-refractivity contribution in [3.63, 3.8) is 0 Å². The second kappa shape index (κ2) is 9.79. The molecule has 0 radical (unpaired) electrons. The maximum Gasteiger partial charge on any atom is 0.273 e. The van der Waals surface area contributed by atoms with Crippen molar-refractivity contribution in [1.29, 1.82) is 5.26 Å². The fraction of sp³-hybridized carbons (Fsp3) is 0.364. The maximum absolute atomic E-state index is 13.0. The minimum atomic E-state index is -0.404. The van der Waals surface area contributed by atoms with Gasteiger partial charge in [0.15, 0.2) is 10.8 Å². The van der Waals surface area contributed by atoms with Gasteiger partial charge in [0, 0.05) is 25.3 Å². The molecule has 1 aliphatic rings. The van der Waals surface area contributed by atoms with Crippen LogP contribution in [-0.4, -0.2) is 46.0 Å². The summed E-state index contributed by atoms with van der Waals surface area (Å²) in [7, 11) is 0. The van der Waals surface area contributed by atoms with Crippen molar-refractivity contribution in [3.05, 3.63) is 46.5 Å². The van der Waals surface area contributed by atoms with Gasteiger partial charge in [0.1, 0.15) is 17.6 Å². The van der Waals surface area contributed by atoms with Crippen molar-refractivity contribution in [2.45, 2.75) is 26.3 Å². The predicted octanol–water partition coefficient (Wildman–Crippen LogP) is 1.72. The van der Waals surface area contributed by atoms with Gasteiger partial charge in [0.2, 0.25) is 11.8 Å². The van der Waals surface area contributed by atoms with Gasteiger partial charge >= 0.3 is 0 Å². The van der Waals surface area contributed by atoms with Crippen LogP contribution < -0.4 is 21.1 Å². The molecule has 0 spiro atoms. The number of anilines is 2. The predicted molar refractivity (Wildman–Crippen MR) is 125 cm³/mol. The molecule has 0 unspecified atom stereocenters. The van der Waals surface area contributed by atoms with E-state index in [1.807, 2.05) is 17.9 Å². The Morgan fingerprint density at radius 2 is 2.21 bits per heavy atom. The summed E-state index contributed by atoms with van der Waals surface area (Å²) in [5.74, 6) is -0.479. The molecule has 11 heteroatoms. The van der Waals surface area contributed by atoms with Crippen molar-refractivity contribution in [2.75, 3.05) is 29.9 Å². The highest BCUT2D eigenvalue weighted by molar-refractivity contribution is 7.22. The number of thiazole rings is 1. The van der Waals surface area contributed by atoms with E-state index in [0.29, 0.717) is 39.8 Å². The summed E-state index contributed by atoms with van der Waals surface area (Å²) in [6.07, 6.45) is 3.00. The van der Waals surface area contributed by atoms with E-state index in [-0.39, 0.29) is 23.9 Å². The lowest BCUT2D eigenvalue weighted by Gasteiger charge is -2.31. The molecule has 3 aromatic rings. The number of carbonyl (C=O) groups is 2. The zero-order valence-corrected chi connectivity index (χ0v) is 18.9. The summed E-state index contributed by atoms with van der Waals surface area (Å²) in [5.41, 5.74) is 0.894. The number of hydrogen-bond acceptors (Lipinski definition) is 8. The van der Waals surface area contributed by atoms with Crippen LogP contribution in [0.5, 0.6) is 0 Å². The first-order valence-corrected chi connectivity index (χ1v) is 11.5. The van der Waals surface area contributed by atoms with E-state index in [2.05, 4.69) is 20.6 Å². The van der Waals surface area contributed by atoms with Crippen LogP contribution in [0.1, 0.15) is 25.3 Å². The SMILES string of the molecule is CCNC(=O)[C@@H]1CCCN(c2nc3ncn(CC(=O)Nc4cccc(C#N)c4)c(=O)c3s2)C1. The minimum Gasteiger partial charge on any atom is -0.356 e. The lowest BCUT2D eigenvalue weighted by Crippen LogP contribution is -2.43. The molecule has 4 rings (SSSR count). The van der Waals surface area contributed by atoms with E-state index < -0.39 is 5.91 Å². The Morgan fingerprint density at radius 1 is 1.36 bits per heavy atom. The zero-order chi connectivity index (χ0) is 23.4. The number of piperidine rings is 1. The van der Waals surface area contributed by atoms with E-state index >= 15 is 0 Å². The molecule has 1 fully saturated rings. The quantitative estimate of drug-likeness (QED) is 0.566.